The first-order chi connectivity index (χ1) is 13.2. The lowest BCUT2D eigenvalue weighted by molar-refractivity contribution is 0.102. The molecule has 0 bridgehead atoms. The van der Waals surface area contributed by atoms with E-state index in [9.17, 15) is 26.4 Å². The van der Waals surface area contributed by atoms with E-state index < -0.39 is 33.4 Å². The van der Waals surface area contributed by atoms with Crippen LogP contribution in [0.15, 0.2) is 35.2 Å². The molecular formula is C17H17F3N4O3S. The first-order valence-corrected chi connectivity index (χ1v) is 9.74. The van der Waals surface area contributed by atoms with Crippen LogP contribution in [0.4, 0.5) is 24.5 Å². The van der Waals surface area contributed by atoms with Crippen LogP contribution in [0.5, 0.6) is 0 Å². The lowest BCUT2D eigenvalue weighted by Gasteiger charge is -2.14. The van der Waals surface area contributed by atoms with Crippen molar-refractivity contribution in [3.63, 3.8) is 0 Å². The van der Waals surface area contributed by atoms with Crippen LogP contribution in [-0.2, 0) is 10.0 Å². The summed E-state index contributed by atoms with van der Waals surface area (Å²) >= 11 is 0. The summed E-state index contributed by atoms with van der Waals surface area (Å²) in [7, 11) is -3.99. The van der Waals surface area contributed by atoms with E-state index in [1.807, 2.05) is 0 Å². The van der Waals surface area contributed by atoms with E-state index in [4.69, 9.17) is 5.73 Å². The van der Waals surface area contributed by atoms with Crippen LogP contribution in [0.1, 0.15) is 16.8 Å². The van der Waals surface area contributed by atoms with E-state index in [-0.39, 0.29) is 27.9 Å². The molecule has 1 atom stereocenters. The Morgan fingerprint density at radius 3 is 2.43 bits per heavy atom. The predicted octanol–water partition coefficient (Wildman–Crippen LogP) is 1.58. The zero-order valence-corrected chi connectivity index (χ0v) is 15.2. The van der Waals surface area contributed by atoms with E-state index in [0.717, 1.165) is 6.07 Å². The highest BCUT2D eigenvalue weighted by molar-refractivity contribution is 7.89. The average Bonchev–Trinajstić information content (AvgIpc) is 3.12. The molecule has 0 spiro atoms. The van der Waals surface area contributed by atoms with Gasteiger partial charge in [-0.2, -0.15) is 0 Å². The maximum Gasteiger partial charge on any atom is 0.255 e. The Bertz CT molecular complexity index is 1000. The van der Waals surface area contributed by atoms with Crippen molar-refractivity contribution >= 4 is 27.3 Å². The standard InChI is InChI=1S/C17H17F3N4O3S/c18-12-6-11(7-13(19)16(12)20)23-17(25)9-1-2-14(21)15(5-9)28(26,27)24-10-3-4-22-8-10/h1-2,5-7,10,22,24H,3-4,8,21H2,(H,23,25). The first kappa shape index (κ1) is 20.1. The molecule has 1 unspecified atom stereocenters. The maximum absolute atomic E-state index is 13.3. The van der Waals surface area contributed by atoms with Crippen LogP contribution < -0.4 is 21.1 Å². The fourth-order valence-electron chi connectivity index (χ4n) is 2.78. The topological polar surface area (TPSA) is 113 Å². The Kier molecular flexibility index (Phi) is 5.59. The minimum Gasteiger partial charge on any atom is -0.398 e. The van der Waals surface area contributed by atoms with Gasteiger partial charge in [0.1, 0.15) is 4.90 Å². The summed E-state index contributed by atoms with van der Waals surface area (Å²) in [5, 5.41) is 5.21. The lowest BCUT2D eigenvalue weighted by Crippen LogP contribution is -2.36. The molecule has 2 aromatic carbocycles. The van der Waals surface area contributed by atoms with Gasteiger partial charge in [-0.1, -0.05) is 0 Å². The quantitative estimate of drug-likeness (QED) is 0.438. The number of sulfonamides is 1. The van der Waals surface area contributed by atoms with Crippen molar-refractivity contribution in [1.82, 2.24) is 10.0 Å². The molecule has 1 aliphatic rings. The predicted molar refractivity (Wildman–Crippen MR) is 96.7 cm³/mol. The van der Waals surface area contributed by atoms with Gasteiger partial charge in [0.2, 0.25) is 10.0 Å². The second kappa shape index (κ2) is 7.78. The number of rotatable bonds is 5. The fraction of sp³-hybridized carbons (Fsp3) is 0.235. The van der Waals surface area contributed by atoms with Crippen molar-refractivity contribution in [1.29, 1.82) is 0 Å². The molecule has 0 aromatic heterocycles. The van der Waals surface area contributed by atoms with E-state index >= 15 is 0 Å². The van der Waals surface area contributed by atoms with E-state index in [2.05, 4.69) is 15.4 Å². The van der Waals surface area contributed by atoms with Gasteiger partial charge in [-0.05, 0) is 31.2 Å². The van der Waals surface area contributed by atoms with Gasteiger partial charge in [-0.25, -0.2) is 26.3 Å². The van der Waals surface area contributed by atoms with Crippen molar-refractivity contribution in [2.45, 2.75) is 17.4 Å². The Morgan fingerprint density at radius 1 is 1.14 bits per heavy atom. The summed E-state index contributed by atoms with van der Waals surface area (Å²) in [5.74, 6) is -5.44. The van der Waals surface area contributed by atoms with Crippen molar-refractivity contribution in [3.05, 3.63) is 53.3 Å². The lowest BCUT2D eigenvalue weighted by atomic mass is 10.2. The van der Waals surface area contributed by atoms with Crippen LogP contribution in [0.3, 0.4) is 0 Å². The summed E-state index contributed by atoms with van der Waals surface area (Å²) in [6.07, 6.45) is 0.612. The summed E-state index contributed by atoms with van der Waals surface area (Å²) < 4.78 is 67.2. The minimum absolute atomic E-state index is 0.0612. The second-order valence-electron chi connectivity index (χ2n) is 6.27. The van der Waals surface area contributed by atoms with Gasteiger partial charge in [0.15, 0.2) is 17.5 Å². The highest BCUT2D eigenvalue weighted by atomic mass is 32.2. The normalized spacial score (nSPS) is 16.9. The zero-order valence-electron chi connectivity index (χ0n) is 14.4. The highest BCUT2D eigenvalue weighted by Crippen LogP contribution is 2.23. The number of carbonyl (C=O) groups excluding carboxylic acids is 1. The van der Waals surface area contributed by atoms with Gasteiger partial charge in [-0.15, -0.1) is 0 Å². The van der Waals surface area contributed by atoms with E-state index in [1.165, 1.54) is 12.1 Å². The van der Waals surface area contributed by atoms with Crippen LogP contribution in [0.2, 0.25) is 0 Å². The van der Waals surface area contributed by atoms with Gasteiger partial charge in [-0.3, -0.25) is 4.79 Å². The molecule has 0 aliphatic carbocycles. The van der Waals surface area contributed by atoms with Crippen molar-refractivity contribution in [2.75, 3.05) is 24.1 Å². The Balaban J connectivity index is 1.85. The number of carbonyl (C=O) groups is 1. The minimum atomic E-state index is -3.99. The number of amides is 1. The molecule has 28 heavy (non-hydrogen) atoms. The fourth-order valence-corrected chi connectivity index (χ4v) is 4.20. The molecule has 11 heteroatoms. The molecule has 0 radical (unpaired) electrons. The highest BCUT2D eigenvalue weighted by Gasteiger charge is 2.25. The van der Waals surface area contributed by atoms with Crippen molar-refractivity contribution in [3.8, 4) is 0 Å². The molecule has 1 fully saturated rings. The Hall–Kier alpha value is -2.63. The van der Waals surface area contributed by atoms with Crippen LogP contribution in [-0.4, -0.2) is 33.5 Å². The molecule has 1 aliphatic heterocycles. The smallest absolute Gasteiger partial charge is 0.255 e. The number of anilines is 2. The molecule has 150 valence electrons. The Labute approximate surface area is 159 Å². The average molecular weight is 414 g/mol. The van der Waals surface area contributed by atoms with Gasteiger partial charge in [0, 0.05) is 36.0 Å². The number of hydrogen-bond acceptors (Lipinski definition) is 5. The maximum atomic E-state index is 13.3. The molecule has 7 nitrogen and oxygen atoms in total. The number of benzene rings is 2. The largest absolute Gasteiger partial charge is 0.398 e. The molecule has 3 rings (SSSR count). The van der Waals surface area contributed by atoms with Crippen LogP contribution >= 0.6 is 0 Å². The first-order valence-electron chi connectivity index (χ1n) is 8.26. The van der Waals surface area contributed by atoms with E-state index in [0.29, 0.717) is 31.6 Å². The number of nitrogens with one attached hydrogen (secondary N) is 3. The third-order valence-electron chi connectivity index (χ3n) is 4.19. The molecule has 1 amide bonds. The molecule has 5 N–H and O–H groups in total. The van der Waals surface area contributed by atoms with E-state index in [1.54, 1.807) is 0 Å². The van der Waals surface area contributed by atoms with Gasteiger partial charge in [0.25, 0.3) is 5.91 Å². The monoisotopic (exact) mass is 414 g/mol. The summed E-state index contributed by atoms with van der Waals surface area (Å²) in [6.45, 7) is 1.15. The molecule has 2 aromatic rings. The summed E-state index contributed by atoms with van der Waals surface area (Å²) in [4.78, 5) is 12.1. The molecule has 1 heterocycles. The second-order valence-corrected chi connectivity index (χ2v) is 7.95. The number of halogens is 3. The van der Waals surface area contributed by atoms with Crippen LogP contribution in [0, 0.1) is 17.5 Å². The number of nitrogen functional groups attached to an aromatic ring is 1. The third kappa shape index (κ3) is 4.26. The third-order valence-corrected chi connectivity index (χ3v) is 5.77. The Morgan fingerprint density at radius 2 is 1.82 bits per heavy atom. The van der Waals surface area contributed by atoms with Gasteiger partial charge in [0.05, 0.1) is 5.69 Å². The van der Waals surface area contributed by atoms with Crippen LogP contribution in [0.25, 0.3) is 0 Å². The van der Waals surface area contributed by atoms with Crippen molar-refractivity contribution in [2.24, 2.45) is 0 Å². The zero-order chi connectivity index (χ0) is 20.5. The van der Waals surface area contributed by atoms with Crippen molar-refractivity contribution < 1.29 is 26.4 Å². The molecular weight excluding hydrogens is 397 g/mol. The summed E-state index contributed by atoms with van der Waals surface area (Å²) in [5.41, 5.74) is 5.26. The number of nitrogens with two attached hydrogens (primary N) is 1. The van der Waals surface area contributed by atoms with Gasteiger partial charge >= 0.3 is 0 Å². The number of hydrogen-bond donors (Lipinski definition) is 4. The summed E-state index contributed by atoms with van der Waals surface area (Å²) in [6, 6.07) is 4.48. The SMILES string of the molecule is Nc1ccc(C(=O)Nc2cc(F)c(F)c(F)c2)cc1S(=O)(=O)NC1CCNC1. The molecule has 0 saturated carbocycles. The van der Waals surface area contributed by atoms with Gasteiger partial charge < -0.3 is 16.4 Å². The molecule has 1 saturated heterocycles.